The topological polar surface area (TPSA) is 81.8 Å². The lowest BCUT2D eigenvalue weighted by Gasteiger charge is -2.10. The summed E-state index contributed by atoms with van der Waals surface area (Å²) in [5, 5.41) is 9.00. The van der Waals surface area contributed by atoms with Gasteiger partial charge in [0.25, 0.3) is 0 Å². The van der Waals surface area contributed by atoms with E-state index in [-0.39, 0.29) is 23.8 Å². The number of hydrogen-bond acceptors (Lipinski definition) is 4. The lowest BCUT2D eigenvalue weighted by molar-refractivity contribution is 0.00925. The first-order valence-corrected chi connectivity index (χ1v) is 5.51. The Hall–Kier alpha value is -1.75. The van der Waals surface area contributed by atoms with Gasteiger partial charge in [-0.2, -0.15) is 0 Å². The molecule has 0 atom stereocenters. The average molecular weight is 237 g/mol. The van der Waals surface area contributed by atoms with E-state index in [1.165, 1.54) is 18.9 Å². The standard InChI is InChI=1S/C12H15NO4/c13-9-2-1-3-10(11(9)12(14)15)17-7-16-6-8-4-5-8/h1-3,8H,4-7,13H2,(H,14,15). The van der Waals surface area contributed by atoms with Crippen molar-refractivity contribution in [1.82, 2.24) is 0 Å². The van der Waals surface area contributed by atoms with Gasteiger partial charge >= 0.3 is 5.97 Å². The van der Waals surface area contributed by atoms with Gasteiger partial charge in [0, 0.05) is 5.69 Å². The van der Waals surface area contributed by atoms with Crippen LogP contribution in [-0.4, -0.2) is 24.5 Å². The molecular weight excluding hydrogens is 222 g/mol. The third kappa shape index (κ3) is 3.10. The molecule has 1 aromatic rings. The summed E-state index contributed by atoms with van der Waals surface area (Å²) in [6, 6.07) is 4.75. The summed E-state index contributed by atoms with van der Waals surface area (Å²) in [5.41, 5.74) is 5.76. The van der Waals surface area contributed by atoms with E-state index < -0.39 is 5.97 Å². The molecule has 0 unspecified atom stereocenters. The molecule has 1 aliphatic rings. The molecule has 0 heterocycles. The molecule has 0 aliphatic heterocycles. The minimum atomic E-state index is -1.10. The van der Waals surface area contributed by atoms with E-state index in [0.717, 1.165) is 0 Å². The minimum absolute atomic E-state index is 0.0116. The fraction of sp³-hybridized carbons (Fsp3) is 0.417. The van der Waals surface area contributed by atoms with Gasteiger partial charge in [-0.15, -0.1) is 0 Å². The third-order valence-electron chi connectivity index (χ3n) is 2.62. The van der Waals surface area contributed by atoms with Crippen molar-refractivity contribution in [2.75, 3.05) is 19.1 Å². The molecule has 1 fully saturated rings. The van der Waals surface area contributed by atoms with Gasteiger partial charge in [-0.25, -0.2) is 4.79 Å². The van der Waals surface area contributed by atoms with Crippen LogP contribution < -0.4 is 10.5 Å². The van der Waals surface area contributed by atoms with Crippen molar-refractivity contribution in [3.8, 4) is 5.75 Å². The zero-order valence-corrected chi connectivity index (χ0v) is 9.39. The molecule has 0 amide bonds. The van der Waals surface area contributed by atoms with Gasteiger partial charge in [-0.05, 0) is 30.9 Å². The Labute approximate surface area is 99.1 Å². The average Bonchev–Trinajstić information content (AvgIpc) is 3.07. The van der Waals surface area contributed by atoms with Crippen molar-refractivity contribution in [3.63, 3.8) is 0 Å². The molecule has 2 rings (SSSR count). The third-order valence-corrected chi connectivity index (χ3v) is 2.62. The van der Waals surface area contributed by atoms with E-state index in [1.54, 1.807) is 12.1 Å². The first kappa shape index (κ1) is 11.7. The second-order valence-corrected chi connectivity index (χ2v) is 4.10. The maximum absolute atomic E-state index is 11.0. The summed E-state index contributed by atoms with van der Waals surface area (Å²) in [4.78, 5) is 11.0. The molecule has 1 aliphatic carbocycles. The predicted molar refractivity (Wildman–Crippen MR) is 62.0 cm³/mol. The zero-order valence-electron chi connectivity index (χ0n) is 9.39. The summed E-state index contributed by atoms with van der Waals surface area (Å²) in [7, 11) is 0. The van der Waals surface area contributed by atoms with Crippen molar-refractivity contribution < 1.29 is 19.4 Å². The first-order valence-electron chi connectivity index (χ1n) is 5.51. The summed E-state index contributed by atoms with van der Waals surface area (Å²) < 4.78 is 10.6. The number of rotatable bonds is 6. The number of ether oxygens (including phenoxy) is 2. The fourth-order valence-corrected chi connectivity index (χ4v) is 1.50. The number of carboxylic acids is 1. The molecule has 17 heavy (non-hydrogen) atoms. The number of carboxylic acid groups (broad SMARTS) is 1. The van der Waals surface area contributed by atoms with E-state index in [9.17, 15) is 4.79 Å². The lowest BCUT2D eigenvalue weighted by atomic mass is 10.1. The highest BCUT2D eigenvalue weighted by molar-refractivity contribution is 5.96. The molecule has 3 N–H and O–H groups in total. The quantitative estimate of drug-likeness (QED) is 0.447. The Morgan fingerprint density at radius 1 is 1.47 bits per heavy atom. The van der Waals surface area contributed by atoms with Crippen LogP contribution >= 0.6 is 0 Å². The minimum Gasteiger partial charge on any atom is -0.477 e. The lowest BCUT2D eigenvalue weighted by Crippen LogP contribution is -2.10. The van der Waals surface area contributed by atoms with Gasteiger partial charge in [0.05, 0.1) is 6.61 Å². The van der Waals surface area contributed by atoms with Gasteiger partial charge < -0.3 is 20.3 Å². The van der Waals surface area contributed by atoms with Crippen molar-refractivity contribution in [3.05, 3.63) is 23.8 Å². The number of aromatic carboxylic acids is 1. The summed E-state index contributed by atoms with van der Waals surface area (Å²) in [5.74, 6) is -0.202. The summed E-state index contributed by atoms with van der Waals surface area (Å²) >= 11 is 0. The van der Waals surface area contributed by atoms with E-state index >= 15 is 0 Å². The molecule has 0 radical (unpaired) electrons. The number of anilines is 1. The first-order chi connectivity index (χ1) is 8.18. The summed E-state index contributed by atoms with van der Waals surface area (Å²) in [6.07, 6.45) is 2.41. The molecule has 0 aromatic heterocycles. The van der Waals surface area contributed by atoms with Crippen LogP contribution in [0.1, 0.15) is 23.2 Å². The Morgan fingerprint density at radius 2 is 2.24 bits per heavy atom. The molecule has 5 nitrogen and oxygen atoms in total. The largest absolute Gasteiger partial charge is 0.477 e. The van der Waals surface area contributed by atoms with E-state index in [1.807, 2.05) is 0 Å². The Kier molecular flexibility index (Phi) is 3.49. The Bertz CT molecular complexity index is 415. The van der Waals surface area contributed by atoms with E-state index in [4.69, 9.17) is 20.3 Å². The number of carbonyl (C=O) groups is 1. The smallest absolute Gasteiger partial charge is 0.341 e. The van der Waals surface area contributed by atoms with Gasteiger partial charge in [-0.1, -0.05) is 6.07 Å². The van der Waals surface area contributed by atoms with Crippen molar-refractivity contribution in [1.29, 1.82) is 0 Å². The molecule has 0 spiro atoms. The second-order valence-electron chi connectivity index (χ2n) is 4.10. The second kappa shape index (κ2) is 5.05. The van der Waals surface area contributed by atoms with Crippen LogP contribution in [0.15, 0.2) is 18.2 Å². The van der Waals surface area contributed by atoms with Crippen LogP contribution in [0.4, 0.5) is 5.69 Å². The molecular formula is C12H15NO4. The van der Waals surface area contributed by atoms with E-state index in [2.05, 4.69) is 0 Å². The van der Waals surface area contributed by atoms with Crippen LogP contribution in [0.3, 0.4) is 0 Å². The number of hydrogen-bond donors (Lipinski definition) is 2. The molecule has 0 bridgehead atoms. The van der Waals surface area contributed by atoms with Crippen molar-refractivity contribution in [2.45, 2.75) is 12.8 Å². The van der Waals surface area contributed by atoms with Gasteiger partial charge in [0.1, 0.15) is 11.3 Å². The maximum Gasteiger partial charge on any atom is 0.341 e. The van der Waals surface area contributed by atoms with Crippen LogP contribution in [0, 0.1) is 5.92 Å². The number of nitrogen functional groups attached to an aromatic ring is 1. The van der Waals surface area contributed by atoms with Crippen LogP contribution in [0.25, 0.3) is 0 Å². The molecule has 1 aromatic carbocycles. The Balaban J connectivity index is 1.93. The normalized spacial score (nSPS) is 14.6. The summed E-state index contributed by atoms with van der Waals surface area (Å²) in [6.45, 7) is 0.727. The predicted octanol–water partition coefficient (Wildman–Crippen LogP) is 1.73. The Morgan fingerprint density at radius 3 is 2.88 bits per heavy atom. The zero-order chi connectivity index (χ0) is 12.3. The van der Waals surface area contributed by atoms with Crippen LogP contribution in [-0.2, 0) is 4.74 Å². The fourth-order valence-electron chi connectivity index (χ4n) is 1.50. The van der Waals surface area contributed by atoms with Crippen LogP contribution in [0.5, 0.6) is 5.75 Å². The van der Waals surface area contributed by atoms with Crippen LogP contribution in [0.2, 0.25) is 0 Å². The van der Waals surface area contributed by atoms with Gasteiger partial charge in [-0.3, -0.25) is 0 Å². The van der Waals surface area contributed by atoms with Crippen molar-refractivity contribution >= 4 is 11.7 Å². The SMILES string of the molecule is Nc1cccc(OCOCC2CC2)c1C(=O)O. The van der Waals surface area contributed by atoms with Gasteiger partial charge in [0.2, 0.25) is 0 Å². The highest BCUT2D eigenvalue weighted by Crippen LogP contribution is 2.29. The number of benzene rings is 1. The highest BCUT2D eigenvalue weighted by Gasteiger charge is 2.21. The molecule has 92 valence electrons. The molecule has 0 saturated heterocycles. The monoisotopic (exact) mass is 237 g/mol. The van der Waals surface area contributed by atoms with Gasteiger partial charge in [0.15, 0.2) is 6.79 Å². The molecule has 1 saturated carbocycles. The maximum atomic E-state index is 11.0. The molecule has 5 heteroatoms. The highest BCUT2D eigenvalue weighted by atomic mass is 16.7. The number of nitrogens with two attached hydrogens (primary N) is 1. The van der Waals surface area contributed by atoms with E-state index in [0.29, 0.717) is 12.5 Å². The van der Waals surface area contributed by atoms with Crippen molar-refractivity contribution in [2.24, 2.45) is 5.92 Å².